The van der Waals surface area contributed by atoms with Crippen LogP contribution in [-0.2, 0) is 0 Å². The van der Waals surface area contributed by atoms with Crippen LogP contribution in [-0.4, -0.2) is 23.9 Å². The van der Waals surface area contributed by atoms with Crippen LogP contribution in [0.5, 0.6) is 0 Å². The highest BCUT2D eigenvalue weighted by Gasteiger charge is 2.10. The fourth-order valence-corrected chi connectivity index (χ4v) is 2.61. The maximum Gasteiger partial charge on any atom is 0.270 e. The Morgan fingerprint density at radius 2 is 1.26 bits per heavy atom. The number of nitrogens with zero attached hydrogens (tertiary/aromatic N) is 2. The SMILES string of the molecule is C#CC(C)(C)C.CNc1ccc([N+](=O)[O-])cc1Br.CNc1ccc([N+](=O)[O-])cc1C#CC(C)(C)C. The summed E-state index contributed by atoms with van der Waals surface area (Å²) in [5.41, 5.74) is 2.36. The van der Waals surface area contributed by atoms with Crippen LogP contribution in [0, 0.1) is 55.2 Å². The summed E-state index contributed by atoms with van der Waals surface area (Å²) < 4.78 is 0.694. The molecule has 35 heavy (non-hydrogen) atoms. The standard InChI is InChI=1S/C13H16N2O2.C7H7BrN2O2.C6H10/c1-13(2,3)8-7-10-9-11(15(16)17)5-6-12(10)14-4;1-9-7-3-2-5(10(11)12)4-6(7)8;1-5-6(2,3)4/h5-6,9,14H,1-4H3;2-4,9H,1H3;1H,2-4H3. The average molecular weight is 545 g/mol. The van der Waals surface area contributed by atoms with E-state index in [1.54, 1.807) is 26.2 Å². The predicted octanol–water partition coefficient (Wildman–Crippen LogP) is 7.10. The van der Waals surface area contributed by atoms with Crippen LogP contribution in [0.2, 0.25) is 0 Å². The third kappa shape index (κ3) is 13.0. The highest BCUT2D eigenvalue weighted by molar-refractivity contribution is 9.10. The van der Waals surface area contributed by atoms with Crippen LogP contribution in [0.1, 0.15) is 47.1 Å². The lowest BCUT2D eigenvalue weighted by Crippen LogP contribution is -2.00. The molecule has 9 heteroatoms. The molecule has 2 rings (SSSR count). The van der Waals surface area contributed by atoms with Gasteiger partial charge in [0.25, 0.3) is 11.4 Å². The molecule has 0 bridgehead atoms. The monoisotopic (exact) mass is 544 g/mol. The van der Waals surface area contributed by atoms with Crippen LogP contribution in [0.15, 0.2) is 40.9 Å². The van der Waals surface area contributed by atoms with Crippen molar-refractivity contribution >= 4 is 38.7 Å². The molecule has 2 aromatic carbocycles. The Bertz CT molecular complexity index is 1130. The number of anilines is 2. The molecule has 0 saturated heterocycles. The summed E-state index contributed by atoms with van der Waals surface area (Å²) in [6.45, 7) is 12.0. The molecule has 0 radical (unpaired) electrons. The van der Waals surface area contributed by atoms with Gasteiger partial charge in [0.05, 0.1) is 21.1 Å². The zero-order valence-corrected chi connectivity index (χ0v) is 23.0. The van der Waals surface area contributed by atoms with E-state index in [1.165, 1.54) is 24.3 Å². The molecule has 2 aromatic rings. The van der Waals surface area contributed by atoms with Crippen molar-refractivity contribution < 1.29 is 9.85 Å². The van der Waals surface area contributed by atoms with Crippen LogP contribution in [0.4, 0.5) is 22.7 Å². The minimum Gasteiger partial charge on any atom is -0.387 e. The Kier molecular flexibility index (Phi) is 12.6. The van der Waals surface area contributed by atoms with E-state index in [-0.39, 0.29) is 22.2 Å². The van der Waals surface area contributed by atoms with Gasteiger partial charge in [0.15, 0.2) is 0 Å². The molecule has 0 atom stereocenters. The van der Waals surface area contributed by atoms with Gasteiger partial charge < -0.3 is 10.6 Å². The van der Waals surface area contributed by atoms with Crippen LogP contribution < -0.4 is 10.6 Å². The second-order valence-electron chi connectivity index (χ2n) is 9.30. The summed E-state index contributed by atoms with van der Waals surface area (Å²) in [5, 5.41) is 26.9. The number of hydrogen-bond acceptors (Lipinski definition) is 6. The van der Waals surface area contributed by atoms with E-state index >= 15 is 0 Å². The van der Waals surface area contributed by atoms with E-state index in [4.69, 9.17) is 6.42 Å². The second kappa shape index (κ2) is 14.0. The lowest BCUT2D eigenvalue weighted by molar-refractivity contribution is -0.385. The Balaban J connectivity index is 0.000000557. The van der Waals surface area contributed by atoms with Gasteiger partial charge in [-0.15, -0.1) is 12.3 Å². The van der Waals surface area contributed by atoms with Crippen molar-refractivity contribution in [2.24, 2.45) is 10.8 Å². The second-order valence-corrected chi connectivity index (χ2v) is 10.2. The molecule has 8 nitrogen and oxygen atoms in total. The maximum atomic E-state index is 10.7. The number of non-ortho nitro benzene ring substituents is 2. The number of rotatable bonds is 4. The van der Waals surface area contributed by atoms with E-state index in [9.17, 15) is 20.2 Å². The van der Waals surface area contributed by atoms with Crippen molar-refractivity contribution in [3.63, 3.8) is 0 Å². The molecule has 0 fully saturated rings. The van der Waals surface area contributed by atoms with Gasteiger partial charge in [-0.3, -0.25) is 20.2 Å². The van der Waals surface area contributed by atoms with Crippen molar-refractivity contribution in [2.45, 2.75) is 41.5 Å². The largest absolute Gasteiger partial charge is 0.387 e. The van der Waals surface area contributed by atoms with E-state index in [0.717, 1.165) is 11.4 Å². The predicted molar refractivity (Wildman–Crippen MR) is 148 cm³/mol. The fraction of sp³-hybridized carbons (Fsp3) is 0.385. The molecular formula is C26H33BrN4O4. The number of hydrogen-bond donors (Lipinski definition) is 2. The number of nitro groups is 2. The third-order valence-corrected chi connectivity index (χ3v) is 4.58. The first-order valence-corrected chi connectivity index (χ1v) is 11.4. The van der Waals surface area contributed by atoms with Crippen molar-refractivity contribution in [3.05, 3.63) is 66.7 Å². The zero-order valence-electron chi connectivity index (χ0n) is 21.4. The minimum atomic E-state index is -0.426. The normalized spacial score (nSPS) is 10.1. The first-order valence-electron chi connectivity index (χ1n) is 10.6. The lowest BCUT2D eigenvalue weighted by atomic mass is 9.97. The van der Waals surface area contributed by atoms with Crippen molar-refractivity contribution in [1.29, 1.82) is 0 Å². The summed E-state index contributed by atoms with van der Waals surface area (Å²) in [5.74, 6) is 8.65. The Labute approximate surface area is 216 Å². The van der Waals surface area contributed by atoms with E-state index in [1.807, 2.05) is 41.5 Å². The van der Waals surface area contributed by atoms with Gasteiger partial charge in [-0.05, 0) is 69.6 Å². The van der Waals surface area contributed by atoms with Gasteiger partial charge in [0.2, 0.25) is 0 Å². The first kappa shape index (κ1) is 31.4. The quantitative estimate of drug-likeness (QED) is 0.241. The average Bonchev–Trinajstić information content (AvgIpc) is 2.77. The smallest absolute Gasteiger partial charge is 0.270 e. The number of nitro benzene ring substituents is 2. The van der Waals surface area contributed by atoms with Gasteiger partial charge in [0.1, 0.15) is 0 Å². The molecular weight excluding hydrogens is 512 g/mol. The van der Waals surface area contributed by atoms with Gasteiger partial charge in [-0.2, -0.15) is 0 Å². The van der Waals surface area contributed by atoms with E-state index in [0.29, 0.717) is 10.0 Å². The molecule has 0 aliphatic carbocycles. The molecule has 2 N–H and O–H groups in total. The Morgan fingerprint density at radius 1 is 0.829 bits per heavy atom. The molecule has 0 aromatic heterocycles. The number of terminal acetylenes is 1. The lowest BCUT2D eigenvalue weighted by Gasteiger charge is -2.08. The van der Waals surface area contributed by atoms with Crippen molar-refractivity contribution in [1.82, 2.24) is 0 Å². The van der Waals surface area contributed by atoms with E-state index < -0.39 is 9.85 Å². The fourth-order valence-electron chi connectivity index (χ4n) is 2.04. The Morgan fingerprint density at radius 3 is 1.60 bits per heavy atom. The molecule has 0 aliphatic rings. The van der Waals surface area contributed by atoms with Crippen LogP contribution in [0.3, 0.4) is 0 Å². The van der Waals surface area contributed by atoms with Crippen LogP contribution >= 0.6 is 15.9 Å². The van der Waals surface area contributed by atoms with Crippen molar-refractivity contribution in [2.75, 3.05) is 24.7 Å². The first-order chi connectivity index (χ1) is 16.0. The van der Waals surface area contributed by atoms with E-state index in [2.05, 4.69) is 44.3 Å². The molecule has 0 unspecified atom stereocenters. The summed E-state index contributed by atoms with van der Waals surface area (Å²) in [6, 6.07) is 9.20. The zero-order chi connectivity index (χ0) is 27.4. The van der Waals surface area contributed by atoms with Gasteiger partial charge in [-0.1, -0.05) is 11.8 Å². The van der Waals surface area contributed by atoms with Gasteiger partial charge >= 0.3 is 0 Å². The Hall–Kier alpha value is -3.56. The summed E-state index contributed by atoms with van der Waals surface area (Å²) in [4.78, 5) is 20.2. The number of benzene rings is 2. The third-order valence-electron chi connectivity index (χ3n) is 3.92. The highest BCUT2D eigenvalue weighted by Crippen LogP contribution is 2.26. The number of nitrogens with one attached hydrogen (secondary N) is 2. The molecule has 0 saturated carbocycles. The maximum absolute atomic E-state index is 10.7. The number of halogens is 1. The molecule has 0 spiro atoms. The summed E-state index contributed by atoms with van der Waals surface area (Å²) >= 11 is 3.21. The van der Waals surface area contributed by atoms with Gasteiger partial charge in [0, 0.05) is 59.4 Å². The van der Waals surface area contributed by atoms with Crippen molar-refractivity contribution in [3.8, 4) is 24.2 Å². The van der Waals surface area contributed by atoms with Crippen LogP contribution in [0.25, 0.3) is 0 Å². The molecule has 0 amide bonds. The van der Waals surface area contributed by atoms with Gasteiger partial charge in [-0.25, -0.2) is 0 Å². The minimum absolute atomic E-state index is 0.0576. The molecule has 188 valence electrons. The summed E-state index contributed by atoms with van der Waals surface area (Å²) in [6.07, 6.45) is 5.06. The molecule has 0 aliphatic heterocycles. The molecule has 0 heterocycles. The summed E-state index contributed by atoms with van der Waals surface area (Å²) in [7, 11) is 3.52. The highest BCUT2D eigenvalue weighted by atomic mass is 79.9. The topological polar surface area (TPSA) is 110 Å².